The Hall–Kier alpha value is -3.15. The molecule has 2 aromatic carbocycles. The third-order valence-electron chi connectivity index (χ3n) is 5.24. The minimum Gasteiger partial charge on any atom is -0.496 e. The number of hydrogen-bond acceptors (Lipinski definition) is 4. The number of benzene rings is 2. The topological polar surface area (TPSA) is 60.2 Å². The van der Waals surface area contributed by atoms with Gasteiger partial charge in [0.05, 0.1) is 19.2 Å². The number of nitrogens with zero attached hydrogens (tertiary/aromatic N) is 4. The lowest BCUT2D eigenvalue weighted by Gasteiger charge is -2.39. The van der Waals surface area contributed by atoms with Crippen LogP contribution in [0, 0.1) is 0 Å². The molecule has 0 saturated heterocycles. The van der Waals surface area contributed by atoms with Crippen molar-refractivity contribution in [1.29, 1.82) is 0 Å². The molecule has 28 heavy (non-hydrogen) atoms. The number of ether oxygens (including phenoxy) is 1. The van der Waals surface area contributed by atoms with Crippen LogP contribution in [0.3, 0.4) is 0 Å². The van der Waals surface area contributed by atoms with Crippen molar-refractivity contribution in [1.82, 2.24) is 14.8 Å². The van der Waals surface area contributed by atoms with E-state index in [0.717, 1.165) is 23.3 Å². The van der Waals surface area contributed by atoms with Crippen molar-refractivity contribution >= 4 is 11.9 Å². The second-order valence-electron chi connectivity index (χ2n) is 6.94. The monoisotopic (exact) mass is 376 g/mol. The molecule has 0 spiro atoms. The summed E-state index contributed by atoms with van der Waals surface area (Å²) in [7, 11) is 1.68. The van der Waals surface area contributed by atoms with Crippen LogP contribution in [0.15, 0.2) is 60.9 Å². The number of rotatable bonds is 5. The van der Waals surface area contributed by atoms with Gasteiger partial charge in [-0.15, -0.1) is 0 Å². The SMILES string of the molecule is CCCC(=O)N1c2ncnn2[C@@H](c2ccccc2OC)C[C@H]1c1ccccc1. The van der Waals surface area contributed by atoms with Crippen molar-refractivity contribution < 1.29 is 9.53 Å². The van der Waals surface area contributed by atoms with Crippen LogP contribution in [0.25, 0.3) is 0 Å². The first-order valence-electron chi connectivity index (χ1n) is 9.64. The van der Waals surface area contributed by atoms with E-state index in [4.69, 9.17) is 4.74 Å². The van der Waals surface area contributed by atoms with Gasteiger partial charge in [0, 0.05) is 12.0 Å². The number of carbonyl (C=O) groups excluding carboxylic acids is 1. The van der Waals surface area contributed by atoms with E-state index in [0.29, 0.717) is 18.8 Å². The Kier molecular flexibility index (Phi) is 5.10. The maximum absolute atomic E-state index is 13.0. The zero-order valence-electron chi connectivity index (χ0n) is 16.2. The number of para-hydroxylation sites is 1. The quantitative estimate of drug-likeness (QED) is 0.671. The molecule has 0 N–H and O–H groups in total. The van der Waals surface area contributed by atoms with Crippen LogP contribution in [0.1, 0.15) is 49.4 Å². The lowest BCUT2D eigenvalue weighted by atomic mass is 9.91. The molecule has 6 nitrogen and oxygen atoms in total. The van der Waals surface area contributed by atoms with E-state index in [1.165, 1.54) is 6.33 Å². The van der Waals surface area contributed by atoms with Gasteiger partial charge in [-0.3, -0.25) is 9.69 Å². The van der Waals surface area contributed by atoms with Crippen LogP contribution in [0.2, 0.25) is 0 Å². The summed E-state index contributed by atoms with van der Waals surface area (Å²) in [5, 5.41) is 4.47. The van der Waals surface area contributed by atoms with E-state index in [9.17, 15) is 4.79 Å². The summed E-state index contributed by atoms with van der Waals surface area (Å²) in [5.41, 5.74) is 2.14. The summed E-state index contributed by atoms with van der Waals surface area (Å²) >= 11 is 0. The molecule has 2 heterocycles. The van der Waals surface area contributed by atoms with E-state index >= 15 is 0 Å². The standard InChI is InChI=1S/C22H24N4O2/c1-3-9-21(27)25-18(16-10-5-4-6-11-16)14-19(26-22(25)23-15-24-26)17-12-7-8-13-20(17)28-2/h4-8,10-13,15,18-19H,3,9,14H2,1-2H3/t18-,19+/m0/s1. The van der Waals surface area contributed by atoms with E-state index in [1.54, 1.807) is 7.11 Å². The molecular weight excluding hydrogens is 352 g/mol. The first-order valence-corrected chi connectivity index (χ1v) is 9.64. The second-order valence-corrected chi connectivity index (χ2v) is 6.94. The van der Waals surface area contributed by atoms with Crippen molar-refractivity contribution in [3.05, 3.63) is 72.1 Å². The number of aromatic nitrogens is 3. The van der Waals surface area contributed by atoms with Gasteiger partial charge < -0.3 is 4.74 Å². The normalized spacial score (nSPS) is 18.6. The molecule has 4 rings (SSSR count). The average Bonchev–Trinajstić information content (AvgIpc) is 3.23. The van der Waals surface area contributed by atoms with Crippen LogP contribution in [0.5, 0.6) is 5.75 Å². The molecule has 0 saturated carbocycles. The minimum atomic E-state index is -0.105. The van der Waals surface area contributed by atoms with Gasteiger partial charge >= 0.3 is 0 Å². The number of fused-ring (bicyclic) bond motifs is 1. The number of methoxy groups -OCH3 is 1. The summed E-state index contributed by atoms with van der Waals surface area (Å²) in [6.07, 6.45) is 3.50. The van der Waals surface area contributed by atoms with Gasteiger partial charge in [-0.2, -0.15) is 10.1 Å². The maximum atomic E-state index is 13.0. The Balaban J connectivity index is 1.85. The molecule has 1 amide bonds. The van der Waals surface area contributed by atoms with Crippen molar-refractivity contribution in [3.63, 3.8) is 0 Å². The van der Waals surface area contributed by atoms with Crippen LogP contribution >= 0.6 is 0 Å². The second kappa shape index (κ2) is 7.84. The molecule has 1 aromatic heterocycles. The van der Waals surface area contributed by atoms with E-state index in [2.05, 4.69) is 28.3 Å². The van der Waals surface area contributed by atoms with Gasteiger partial charge in [0.25, 0.3) is 0 Å². The maximum Gasteiger partial charge on any atom is 0.231 e. The zero-order valence-corrected chi connectivity index (χ0v) is 16.2. The fourth-order valence-corrected chi connectivity index (χ4v) is 3.97. The number of hydrogen-bond donors (Lipinski definition) is 0. The number of carbonyl (C=O) groups is 1. The highest BCUT2D eigenvalue weighted by Gasteiger charge is 2.39. The van der Waals surface area contributed by atoms with E-state index in [-0.39, 0.29) is 18.0 Å². The predicted octanol–water partition coefficient (Wildman–Crippen LogP) is 4.15. The molecule has 0 unspecified atom stereocenters. The van der Waals surface area contributed by atoms with E-state index < -0.39 is 0 Å². The van der Waals surface area contributed by atoms with Crippen molar-refractivity contribution in [3.8, 4) is 5.75 Å². The molecule has 6 heteroatoms. The summed E-state index contributed by atoms with van der Waals surface area (Å²) in [6.45, 7) is 2.02. The third-order valence-corrected chi connectivity index (χ3v) is 5.24. The van der Waals surface area contributed by atoms with Crippen molar-refractivity contribution in [2.24, 2.45) is 0 Å². The molecule has 1 aliphatic heterocycles. The summed E-state index contributed by atoms with van der Waals surface area (Å²) in [5.74, 6) is 1.48. The molecule has 0 bridgehead atoms. The summed E-state index contributed by atoms with van der Waals surface area (Å²) in [4.78, 5) is 19.3. The molecule has 0 radical (unpaired) electrons. The van der Waals surface area contributed by atoms with Gasteiger partial charge in [0.1, 0.15) is 12.1 Å². The Labute approximate surface area is 164 Å². The highest BCUT2D eigenvalue weighted by Crippen LogP contribution is 2.44. The molecule has 1 aliphatic rings. The predicted molar refractivity (Wildman–Crippen MR) is 107 cm³/mol. The largest absolute Gasteiger partial charge is 0.496 e. The smallest absolute Gasteiger partial charge is 0.231 e. The summed E-state index contributed by atoms with van der Waals surface area (Å²) in [6, 6.07) is 18.0. The van der Waals surface area contributed by atoms with Crippen molar-refractivity contribution in [2.75, 3.05) is 12.0 Å². The van der Waals surface area contributed by atoms with Crippen LogP contribution in [-0.2, 0) is 4.79 Å². The van der Waals surface area contributed by atoms with Crippen LogP contribution in [-0.4, -0.2) is 27.8 Å². The fraction of sp³-hybridized carbons (Fsp3) is 0.318. The Morgan fingerprint density at radius 1 is 1.11 bits per heavy atom. The van der Waals surface area contributed by atoms with Gasteiger partial charge in [0.2, 0.25) is 11.9 Å². The molecular formula is C22H24N4O2. The number of amides is 1. The summed E-state index contributed by atoms with van der Waals surface area (Å²) < 4.78 is 7.45. The Morgan fingerprint density at radius 2 is 1.86 bits per heavy atom. The van der Waals surface area contributed by atoms with Crippen LogP contribution in [0.4, 0.5) is 5.95 Å². The number of anilines is 1. The highest BCUT2D eigenvalue weighted by atomic mass is 16.5. The molecule has 0 fully saturated rings. The van der Waals surface area contributed by atoms with Gasteiger partial charge in [-0.25, -0.2) is 4.68 Å². The van der Waals surface area contributed by atoms with Gasteiger partial charge in [-0.1, -0.05) is 55.5 Å². The van der Waals surface area contributed by atoms with Gasteiger partial charge in [0.15, 0.2) is 0 Å². The minimum absolute atomic E-state index is 0.0652. The third kappa shape index (κ3) is 3.15. The Morgan fingerprint density at radius 3 is 2.61 bits per heavy atom. The first kappa shape index (κ1) is 18.2. The molecule has 2 atom stereocenters. The van der Waals surface area contributed by atoms with E-state index in [1.807, 2.05) is 52.9 Å². The highest BCUT2D eigenvalue weighted by molar-refractivity contribution is 5.92. The van der Waals surface area contributed by atoms with Crippen molar-refractivity contribution in [2.45, 2.75) is 38.3 Å². The lowest BCUT2D eigenvalue weighted by Crippen LogP contribution is -2.42. The van der Waals surface area contributed by atoms with Gasteiger partial charge in [-0.05, 0) is 24.5 Å². The van der Waals surface area contributed by atoms with Crippen LogP contribution < -0.4 is 9.64 Å². The average molecular weight is 376 g/mol. The zero-order chi connectivity index (χ0) is 19.5. The molecule has 0 aliphatic carbocycles. The fourth-order valence-electron chi connectivity index (χ4n) is 3.97. The Bertz CT molecular complexity index is 954. The molecule has 3 aromatic rings. The lowest BCUT2D eigenvalue weighted by molar-refractivity contribution is -0.119. The first-order chi connectivity index (χ1) is 13.7. The molecule has 144 valence electrons.